The number of carbonyl (C=O) groups excluding carboxylic acids is 2. The Labute approximate surface area is 113 Å². The molecule has 1 aliphatic rings. The third kappa shape index (κ3) is 7.16. The van der Waals surface area contributed by atoms with Crippen molar-refractivity contribution in [3.8, 4) is 0 Å². The summed E-state index contributed by atoms with van der Waals surface area (Å²) < 4.78 is 0. The van der Waals surface area contributed by atoms with E-state index in [-0.39, 0.29) is 0 Å². The van der Waals surface area contributed by atoms with E-state index in [1.807, 2.05) is 30.3 Å². The van der Waals surface area contributed by atoms with Crippen molar-refractivity contribution >= 4 is 17.8 Å². The second kappa shape index (κ2) is 9.05. The first-order chi connectivity index (χ1) is 9.22. The zero-order valence-corrected chi connectivity index (χ0v) is 11.0. The Kier molecular flexibility index (Phi) is 7.20. The largest absolute Gasteiger partial charge is 0.365 e. The third-order valence-electron chi connectivity index (χ3n) is 2.54. The molecule has 0 radical (unpaired) electrons. The molecule has 0 saturated heterocycles. The molecule has 1 fully saturated rings. The van der Waals surface area contributed by atoms with E-state index >= 15 is 0 Å². The average Bonchev–Trinajstić information content (AvgIpc) is 2.90. The summed E-state index contributed by atoms with van der Waals surface area (Å²) in [7, 11) is 1.29. The molecular weight excluding hydrogens is 244 g/mol. The van der Waals surface area contributed by atoms with Crippen LogP contribution in [0.4, 0.5) is 0 Å². The Morgan fingerprint density at radius 1 is 1.16 bits per heavy atom. The standard InChI is InChI=1S/C10H10O3.C5H8O/c1-12-13-10(11)8-7-9-5-3-2-4-6-9;6-5-3-1-2-4-5/h2-8H,1H3;1-4H2. The van der Waals surface area contributed by atoms with Gasteiger partial charge in [-0.25, -0.2) is 4.79 Å². The zero-order valence-electron chi connectivity index (χ0n) is 11.0. The molecule has 1 aliphatic carbocycles. The predicted molar refractivity (Wildman–Crippen MR) is 72.1 cm³/mol. The molecule has 0 amide bonds. The highest BCUT2D eigenvalue weighted by atomic mass is 17.2. The summed E-state index contributed by atoms with van der Waals surface area (Å²) in [5.41, 5.74) is 0.940. The average molecular weight is 262 g/mol. The van der Waals surface area contributed by atoms with Crippen LogP contribution in [0.5, 0.6) is 0 Å². The molecule has 0 atom stereocenters. The third-order valence-corrected chi connectivity index (χ3v) is 2.54. The molecule has 0 N–H and O–H groups in total. The van der Waals surface area contributed by atoms with Gasteiger partial charge in [-0.15, -0.1) is 0 Å². The van der Waals surface area contributed by atoms with Gasteiger partial charge in [-0.2, -0.15) is 4.89 Å². The molecule has 1 aromatic rings. The fraction of sp³-hybridized carbons (Fsp3) is 0.333. The summed E-state index contributed by atoms with van der Waals surface area (Å²) in [6.45, 7) is 0. The van der Waals surface area contributed by atoms with Crippen LogP contribution in [-0.2, 0) is 19.4 Å². The highest BCUT2D eigenvalue weighted by Gasteiger charge is 2.07. The van der Waals surface area contributed by atoms with Gasteiger partial charge in [-0.1, -0.05) is 30.3 Å². The summed E-state index contributed by atoms with van der Waals surface area (Å²) in [5.74, 6) is -0.0682. The molecule has 0 bridgehead atoms. The van der Waals surface area contributed by atoms with Crippen molar-refractivity contribution in [3.05, 3.63) is 42.0 Å². The molecule has 1 saturated carbocycles. The van der Waals surface area contributed by atoms with Crippen molar-refractivity contribution in [3.63, 3.8) is 0 Å². The van der Waals surface area contributed by atoms with E-state index in [9.17, 15) is 9.59 Å². The summed E-state index contributed by atoms with van der Waals surface area (Å²) in [5, 5.41) is 0. The minimum Gasteiger partial charge on any atom is -0.300 e. The smallest absolute Gasteiger partial charge is 0.300 e. The Morgan fingerprint density at radius 3 is 2.26 bits per heavy atom. The van der Waals surface area contributed by atoms with Crippen LogP contribution >= 0.6 is 0 Å². The van der Waals surface area contributed by atoms with Gasteiger partial charge in [0.15, 0.2) is 0 Å². The molecule has 102 valence electrons. The van der Waals surface area contributed by atoms with Crippen molar-refractivity contribution in [1.82, 2.24) is 0 Å². The van der Waals surface area contributed by atoms with E-state index < -0.39 is 5.97 Å². The molecular formula is C15H18O4. The fourth-order valence-electron chi connectivity index (χ4n) is 1.61. The summed E-state index contributed by atoms with van der Waals surface area (Å²) in [6.07, 6.45) is 6.93. The van der Waals surface area contributed by atoms with Gasteiger partial charge in [0.25, 0.3) is 0 Å². The zero-order chi connectivity index (χ0) is 13.9. The molecule has 0 spiro atoms. The number of hydrogen-bond acceptors (Lipinski definition) is 4. The molecule has 2 rings (SSSR count). The number of Topliss-reactive ketones (excluding diaryl/α,β-unsaturated/α-hetero) is 1. The number of benzene rings is 1. The van der Waals surface area contributed by atoms with Gasteiger partial charge >= 0.3 is 5.97 Å². The van der Waals surface area contributed by atoms with E-state index in [0.29, 0.717) is 5.78 Å². The summed E-state index contributed by atoms with van der Waals surface area (Å²) in [4.78, 5) is 29.5. The normalized spacial score (nSPS) is 14.1. The van der Waals surface area contributed by atoms with Gasteiger partial charge < -0.3 is 0 Å². The molecule has 0 heterocycles. The van der Waals surface area contributed by atoms with Gasteiger partial charge in [0.1, 0.15) is 5.78 Å². The lowest BCUT2D eigenvalue weighted by Gasteiger charge is -1.93. The number of carbonyl (C=O) groups is 2. The van der Waals surface area contributed by atoms with Crippen LogP contribution in [0.15, 0.2) is 36.4 Å². The lowest BCUT2D eigenvalue weighted by molar-refractivity contribution is -0.249. The van der Waals surface area contributed by atoms with Crippen LogP contribution < -0.4 is 0 Å². The predicted octanol–water partition coefficient (Wildman–Crippen LogP) is 2.93. The number of rotatable bonds is 3. The lowest BCUT2D eigenvalue weighted by atomic mass is 10.2. The minimum atomic E-state index is -0.522. The SMILES string of the molecule is COOC(=O)C=Cc1ccccc1.O=C1CCCC1. The van der Waals surface area contributed by atoms with Crippen LogP contribution in [0.3, 0.4) is 0 Å². The van der Waals surface area contributed by atoms with Crippen molar-refractivity contribution in [2.75, 3.05) is 7.11 Å². The second-order valence-electron chi connectivity index (χ2n) is 4.06. The molecule has 1 aromatic carbocycles. The van der Waals surface area contributed by atoms with Crippen LogP contribution in [0.2, 0.25) is 0 Å². The maximum atomic E-state index is 10.8. The molecule has 0 unspecified atom stereocenters. The van der Waals surface area contributed by atoms with Crippen molar-refractivity contribution in [1.29, 1.82) is 0 Å². The van der Waals surface area contributed by atoms with Crippen molar-refractivity contribution < 1.29 is 19.4 Å². The van der Waals surface area contributed by atoms with Crippen LogP contribution in [0.25, 0.3) is 6.08 Å². The molecule has 4 heteroatoms. The Hall–Kier alpha value is -1.94. The first-order valence-corrected chi connectivity index (χ1v) is 6.22. The topological polar surface area (TPSA) is 52.6 Å². The lowest BCUT2D eigenvalue weighted by Crippen LogP contribution is -1.97. The van der Waals surface area contributed by atoms with Gasteiger partial charge in [-0.3, -0.25) is 9.68 Å². The van der Waals surface area contributed by atoms with Gasteiger partial charge in [-0.05, 0) is 24.5 Å². The van der Waals surface area contributed by atoms with Gasteiger partial charge in [0.2, 0.25) is 0 Å². The van der Waals surface area contributed by atoms with E-state index in [0.717, 1.165) is 31.2 Å². The molecule has 0 aromatic heterocycles. The second-order valence-corrected chi connectivity index (χ2v) is 4.06. The first kappa shape index (κ1) is 15.1. The Balaban J connectivity index is 0.000000250. The van der Waals surface area contributed by atoms with E-state index in [1.54, 1.807) is 6.08 Å². The monoisotopic (exact) mass is 262 g/mol. The Morgan fingerprint density at radius 2 is 1.79 bits per heavy atom. The first-order valence-electron chi connectivity index (χ1n) is 6.22. The maximum absolute atomic E-state index is 10.8. The fourth-order valence-corrected chi connectivity index (χ4v) is 1.61. The summed E-state index contributed by atoms with van der Waals surface area (Å²) >= 11 is 0. The van der Waals surface area contributed by atoms with E-state index in [1.165, 1.54) is 13.2 Å². The number of ketones is 1. The quantitative estimate of drug-likeness (QED) is 0.477. The maximum Gasteiger partial charge on any atom is 0.365 e. The summed E-state index contributed by atoms with van der Waals surface area (Å²) in [6, 6.07) is 9.46. The van der Waals surface area contributed by atoms with Gasteiger partial charge in [0.05, 0.1) is 7.11 Å². The number of hydrogen-bond donors (Lipinski definition) is 0. The van der Waals surface area contributed by atoms with Crippen LogP contribution in [-0.4, -0.2) is 18.9 Å². The van der Waals surface area contributed by atoms with Crippen LogP contribution in [0, 0.1) is 0 Å². The molecule has 4 nitrogen and oxygen atoms in total. The minimum absolute atomic E-state index is 0.454. The Bertz CT molecular complexity index is 415. The van der Waals surface area contributed by atoms with Gasteiger partial charge in [0, 0.05) is 18.9 Å². The highest BCUT2D eigenvalue weighted by Crippen LogP contribution is 2.11. The van der Waals surface area contributed by atoms with Crippen molar-refractivity contribution in [2.24, 2.45) is 0 Å². The van der Waals surface area contributed by atoms with E-state index in [2.05, 4.69) is 9.78 Å². The molecule has 0 aliphatic heterocycles. The molecule has 19 heavy (non-hydrogen) atoms. The van der Waals surface area contributed by atoms with E-state index in [4.69, 9.17) is 0 Å². The highest BCUT2D eigenvalue weighted by molar-refractivity contribution is 5.86. The van der Waals surface area contributed by atoms with Crippen LogP contribution in [0.1, 0.15) is 31.2 Å². The van der Waals surface area contributed by atoms with Crippen molar-refractivity contribution in [2.45, 2.75) is 25.7 Å².